The highest BCUT2D eigenvalue weighted by Gasteiger charge is 2.20. The molecule has 0 bridgehead atoms. The normalized spacial score (nSPS) is 12.1. The number of hydrogen-bond acceptors (Lipinski definition) is 2. The van der Waals surface area contributed by atoms with Gasteiger partial charge < -0.3 is 4.98 Å². The van der Waals surface area contributed by atoms with Crippen molar-refractivity contribution in [3.05, 3.63) is 65.3 Å². The molecule has 0 atom stereocenters. The predicted octanol–water partition coefficient (Wildman–Crippen LogP) is 3.68. The highest BCUT2D eigenvalue weighted by molar-refractivity contribution is 7.89. The summed E-state index contributed by atoms with van der Waals surface area (Å²) in [6.07, 6.45) is 2.58. The Hall–Kier alpha value is -1.82. The second kappa shape index (κ2) is 6.35. The lowest BCUT2D eigenvalue weighted by Gasteiger charge is -2.17. The molecule has 2 aromatic carbocycles. The van der Waals surface area contributed by atoms with Crippen LogP contribution in [0.4, 0.5) is 0 Å². The maximum atomic E-state index is 12.5. The summed E-state index contributed by atoms with van der Waals surface area (Å²) in [5, 5.41) is 1.65. The van der Waals surface area contributed by atoms with Crippen LogP contribution in [-0.2, 0) is 16.4 Å². The van der Waals surface area contributed by atoms with Gasteiger partial charge in [0.15, 0.2) is 0 Å². The van der Waals surface area contributed by atoms with Crippen LogP contribution in [0.2, 0.25) is 5.02 Å². The van der Waals surface area contributed by atoms with E-state index in [2.05, 4.69) is 4.98 Å². The summed E-state index contributed by atoms with van der Waals surface area (Å²) in [5.41, 5.74) is 2.17. The molecule has 4 nitrogen and oxygen atoms in total. The molecule has 6 heteroatoms. The van der Waals surface area contributed by atoms with E-state index in [1.807, 2.05) is 30.5 Å². The van der Waals surface area contributed by atoms with E-state index in [0.29, 0.717) is 18.0 Å². The maximum absolute atomic E-state index is 12.5. The molecule has 1 aromatic heterocycles. The average molecular weight is 349 g/mol. The van der Waals surface area contributed by atoms with E-state index in [4.69, 9.17) is 11.6 Å². The number of aromatic amines is 1. The van der Waals surface area contributed by atoms with Crippen LogP contribution < -0.4 is 0 Å². The Balaban J connectivity index is 1.76. The highest BCUT2D eigenvalue weighted by atomic mass is 35.5. The van der Waals surface area contributed by atoms with Crippen molar-refractivity contribution in [3.63, 3.8) is 0 Å². The van der Waals surface area contributed by atoms with Gasteiger partial charge in [-0.25, -0.2) is 12.7 Å². The molecule has 0 fully saturated rings. The number of hydrogen-bond donors (Lipinski definition) is 1. The summed E-state index contributed by atoms with van der Waals surface area (Å²) in [6.45, 7) is 0.410. The SMILES string of the molecule is CN(CCc1c[nH]c2ccccc12)S(=O)(=O)c1ccc(Cl)cc1. The van der Waals surface area contributed by atoms with Gasteiger partial charge in [-0.2, -0.15) is 0 Å². The number of benzene rings is 2. The largest absolute Gasteiger partial charge is 0.361 e. The van der Waals surface area contributed by atoms with Crippen molar-refractivity contribution in [1.82, 2.24) is 9.29 Å². The molecule has 3 rings (SSSR count). The zero-order valence-corrected chi connectivity index (χ0v) is 14.2. The first kappa shape index (κ1) is 16.1. The predicted molar refractivity (Wildman–Crippen MR) is 93.3 cm³/mol. The van der Waals surface area contributed by atoms with Crippen LogP contribution in [0.5, 0.6) is 0 Å². The van der Waals surface area contributed by atoms with Gasteiger partial charge in [-0.15, -0.1) is 0 Å². The Morgan fingerprint density at radius 3 is 2.52 bits per heavy atom. The van der Waals surface area contributed by atoms with Gasteiger partial charge in [-0.3, -0.25) is 0 Å². The number of nitrogens with zero attached hydrogens (tertiary/aromatic N) is 1. The third-order valence-electron chi connectivity index (χ3n) is 3.89. The molecule has 0 saturated heterocycles. The Bertz CT molecular complexity index is 917. The van der Waals surface area contributed by atoms with Gasteiger partial charge in [0.1, 0.15) is 0 Å². The number of para-hydroxylation sites is 1. The number of likely N-dealkylation sites (N-methyl/N-ethyl adjacent to an activating group) is 1. The molecule has 23 heavy (non-hydrogen) atoms. The molecule has 0 aliphatic heterocycles. The van der Waals surface area contributed by atoms with Gasteiger partial charge in [0.05, 0.1) is 4.90 Å². The van der Waals surface area contributed by atoms with Gasteiger partial charge in [0.2, 0.25) is 10.0 Å². The van der Waals surface area contributed by atoms with E-state index in [1.165, 1.54) is 16.4 Å². The van der Waals surface area contributed by atoms with E-state index in [1.54, 1.807) is 19.2 Å². The fourth-order valence-electron chi connectivity index (χ4n) is 2.52. The molecule has 0 aliphatic rings. The third kappa shape index (κ3) is 3.27. The second-order valence-corrected chi connectivity index (χ2v) is 7.87. The summed E-state index contributed by atoms with van der Waals surface area (Å²) in [7, 11) is -1.90. The van der Waals surface area contributed by atoms with Crippen LogP contribution in [0.1, 0.15) is 5.56 Å². The Morgan fingerprint density at radius 1 is 1.09 bits per heavy atom. The van der Waals surface area contributed by atoms with Gasteiger partial charge in [-0.05, 0) is 42.3 Å². The van der Waals surface area contributed by atoms with Crippen LogP contribution >= 0.6 is 11.6 Å². The molecule has 0 radical (unpaired) electrons. The quantitative estimate of drug-likeness (QED) is 0.764. The number of sulfonamides is 1. The minimum absolute atomic E-state index is 0.253. The average Bonchev–Trinajstić information content (AvgIpc) is 2.96. The van der Waals surface area contributed by atoms with Crippen molar-refractivity contribution < 1.29 is 8.42 Å². The summed E-state index contributed by atoms with van der Waals surface area (Å²) < 4.78 is 26.5. The van der Waals surface area contributed by atoms with Crippen molar-refractivity contribution in [2.45, 2.75) is 11.3 Å². The van der Waals surface area contributed by atoms with Crippen LogP contribution in [0.3, 0.4) is 0 Å². The van der Waals surface area contributed by atoms with Gasteiger partial charge in [0.25, 0.3) is 0 Å². The minimum atomic E-state index is -3.50. The molecule has 1 N–H and O–H groups in total. The lowest BCUT2D eigenvalue weighted by Crippen LogP contribution is -2.29. The van der Waals surface area contributed by atoms with Crippen LogP contribution in [0, 0.1) is 0 Å². The molecule has 1 heterocycles. The van der Waals surface area contributed by atoms with E-state index in [0.717, 1.165) is 16.5 Å². The summed E-state index contributed by atoms with van der Waals surface area (Å²) in [5.74, 6) is 0. The Kier molecular flexibility index (Phi) is 4.43. The number of halogens is 1. The fourth-order valence-corrected chi connectivity index (χ4v) is 3.82. The standard InChI is InChI=1S/C17H17ClN2O2S/c1-20(23(21,22)15-8-6-14(18)7-9-15)11-10-13-12-19-17-5-3-2-4-16(13)17/h2-9,12,19H,10-11H2,1H3. The molecule has 0 aliphatic carbocycles. The first-order chi connectivity index (χ1) is 11.0. The molecule has 0 unspecified atom stereocenters. The maximum Gasteiger partial charge on any atom is 0.242 e. The lowest BCUT2D eigenvalue weighted by molar-refractivity contribution is 0.473. The van der Waals surface area contributed by atoms with Crippen molar-refractivity contribution in [2.24, 2.45) is 0 Å². The zero-order valence-electron chi connectivity index (χ0n) is 12.7. The Labute approximate surface area is 140 Å². The molecular formula is C17H17ClN2O2S. The molecule has 120 valence electrons. The lowest BCUT2D eigenvalue weighted by atomic mass is 10.1. The van der Waals surface area contributed by atoms with Gasteiger partial charge in [0, 0.05) is 35.7 Å². The molecule has 0 amide bonds. The van der Waals surface area contributed by atoms with Crippen molar-refractivity contribution in [2.75, 3.05) is 13.6 Å². The number of H-pyrrole nitrogens is 1. The molecular weight excluding hydrogens is 332 g/mol. The molecule has 0 spiro atoms. The summed E-state index contributed by atoms with van der Waals surface area (Å²) in [6, 6.07) is 14.2. The number of fused-ring (bicyclic) bond motifs is 1. The first-order valence-electron chi connectivity index (χ1n) is 7.25. The van der Waals surface area contributed by atoms with E-state index >= 15 is 0 Å². The smallest absolute Gasteiger partial charge is 0.242 e. The van der Waals surface area contributed by atoms with Gasteiger partial charge >= 0.3 is 0 Å². The topological polar surface area (TPSA) is 53.2 Å². The third-order valence-corrected chi connectivity index (χ3v) is 6.02. The van der Waals surface area contributed by atoms with Crippen molar-refractivity contribution >= 4 is 32.5 Å². The van der Waals surface area contributed by atoms with Crippen molar-refractivity contribution in [3.8, 4) is 0 Å². The second-order valence-electron chi connectivity index (χ2n) is 5.39. The minimum Gasteiger partial charge on any atom is -0.361 e. The van der Waals surface area contributed by atoms with E-state index in [9.17, 15) is 8.42 Å². The Morgan fingerprint density at radius 2 is 1.78 bits per heavy atom. The molecule has 3 aromatic rings. The van der Waals surface area contributed by atoms with Crippen LogP contribution in [0.15, 0.2) is 59.6 Å². The highest BCUT2D eigenvalue weighted by Crippen LogP contribution is 2.20. The molecule has 0 saturated carbocycles. The number of rotatable bonds is 5. The fraction of sp³-hybridized carbons (Fsp3) is 0.176. The van der Waals surface area contributed by atoms with Crippen LogP contribution in [-0.4, -0.2) is 31.3 Å². The monoisotopic (exact) mass is 348 g/mol. The number of nitrogens with one attached hydrogen (secondary N) is 1. The van der Waals surface area contributed by atoms with Gasteiger partial charge in [-0.1, -0.05) is 29.8 Å². The first-order valence-corrected chi connectivity index (χ1v) is 9.07. The summed E-state index contributed by atoms with van der Waals surface area (Å²) >= 11 is 5.81. The number of aromatic nitrogens is 1. The van der Waals surface area contributed by atoms with Crippen LogP contribution in [0.25, 0.3) is 10.9 Å². The van der Waals surface area contributed by atoms with E-state index in [-0.39, 0.29) is 4.90 Å². The summed E-state index contributed by atoms with van der Waals surface area (Å²) in [4.78, 5) is 3.46. The zero-order chi connectivity index (χ0) is 16.4. The van der Waals surface area contributed by atoms with E-state index < -0.39 is 10.0 Å². The van der Waals surface area contributed by atoms with Crippen molar-refractivity contribution in [1.29, 1.82) is 0 Å².